The number of rotatable bonds is 8. The largest absolute Gasteiger partial charge is 0.396 e. The van der Waals surface area contributed by atoms with Crippen molar-refractivity contribution in [1.29, 1.82) is 0 Å². The average molecular weight is 432 g/mol. The van der Waals surface area contributed by atoms with Gasteiger partial charge in [-0.25, -0.2) is 9.97 Å². The minimum absolute atomic E-state index is 0.0639. The number of fused-ring (bicyclic) bond motifs is 3. The van der Waals surface area contributed by atoms with Crippen LogP contribution in [0.1, 0.15) is 61.3 Å². The highest BCUT2D eigenvalue weighted by Gasteiger charge is 2.32. The Labute approximate surface area is 182 Å². The van der Waals surface area contributed by atoms with Gasteiger partial charge in [0.05, 0.1) is 5.39 Å². The van der Waals surface area contributed by atoms with Crippen LogP contribution in [0.3, 0.4) is 0 Å². The number of aliphatic hydroxyl groups is 1. The number of amides is 1. The molecule has 0 aliphatic heterocycles. The highest BCUT2D eigenvalue weighted by Crippen LogP contribution is 2.46. The Morgan fingerprint density at radius 2 is 2.03 bits per heavy atom. The third kappa shape index (κ3) is 4.60. The second-order valence-corrected chi connectivity index (χ2v) is 9.91. The topological polar surface area (TPSA) is 90.4 Å². The molecule has 0 spiro atoms. The van der Waals surface area contributed by atoms with Gasteiger partial charge in [-0.15, -0.1) is 11.3 Å². The summed E-state index contributed by atoms with van der Waals surface area (Å²) >= 11 is 1.76. The third-order valence-corrected chi connectivity index (χ3v) is 7.76. The summed E-state index contributed by atoms with van der Waals surface area (Å²) in [5, 5.41) is 16.7. The van der Waals surface area contributed by atoms with Crippen LogP contribution in [0, 0.1) is 0 Å². The minimum Gasteiger partial charge on any atom is -0.396 e. The molecule has 1 saturated carbocycles. The first-order chi connectivity index (χ1) is 14.6. The summed E-state index contributed by atoms with van der Waals surface area (Å²) in [4.78, 5) is 26.3. The molecule has 1 fully saturated rings. The van der Waals surface area contributed by atoms with Crippen LogP contribution >= 0.6 is 11.3 Å². The van der Waals surface area contributed by atoms with E-state index in [0.717, 1.165) is 41.7 Å². The molecule has 0 bridgehead atoms. The second kappa shape index (κ2) is 9.58. The highest BCUT2D eigenvalue weighted by molar-refractivity contribution is 7.19. The normalized spacial score (nSPS) is 23.7. The molecule has 3 N–H and O–H groups in total. The summed E-state index contributed by atoms with van der Waals surface area (Å²) in [5.41, 5.74) is 1.29. The summed E-state index contributed by atoms with van der Waals surface area (Å²) < 4.78 is 0. The first kappa shape index (κ1) is 21.5. The standard InChI is InChI=1S/C22H33N5O2S/c1-27(2)16-7-5-15(6-8-16)26-21-20-19-14(12-18(29)23-10-3-11-28)4-9-17(19)30-22(20)25-13-24-21/h13-16,28H,3-12H2,1-2H3,(H,23,29)(H,24,25,26)/t14?,15-,16-. The lowest BCUT2D eigenvalue weighted by Crippen LogP contribution is -2.36. The summed E-state index contributed by atoms with van der Waals surface area (Å²) in [7, 11) is 4.34. The van der Waals surface area contributed by atoms with E-state index in [-0.39, 0.29) is 18.4 Å². The zero-order chi connectivity index (χ0) is 21.1. The van der Waals surface area contributed by atoms with Crippen molar-refractivity contribution < 1.29 is 9.90 Å². The Morgan fingerprint density at radius 3 is 2.77 bits per heavy atom. The number of aromatic nitrogens is 2. The van der Waals surface area contributed by atoms with Crippen molar-refractivity contribution >= 4 is 33.3 Å². The van der Waals surface area contributed by atoms with Gasteiger partial charge in [-0.05, 0) is 70.5 Å². The van der Waals surface area contributed by atoms with E-state index in [4.69, 9.17) is 5.11 Å². The Morgan fingerprint density at radius 1 is 1.23 bits per heavy atom. The number of nitrogens with one attached hydrogen (secondary N) is 2. The molecule has 2 aliphatic carbocycles. The predicted octanol–water partition coefficient (Wildman–Crippen LogP) is 2.89. The van der Waals surface area contributed by atoms with Crippen LogP contribution in [0.2, 0.25) is 0 Å². The Balaban J connectivity index is 1.50. The van der Waals surface area contributed by atoms with Crippen LogP contribution in [0.5, 0.6) is 0 Å². The zero-order valence-corrected chi connectivity index (χ0v) is 18.8. The van der Waals surface area contributed by atoms with E-state index in [1.54, 1.807) is 17.7 Å². The number of nitrogens with zero attached hydrogens (tertiary/aromatic N) is 3. The molecular formula is C22H33N5O2S. The van der Waals surface area contributed by atoms with Crippen molar-refractivity contribution in [2.45, 2.75) is 69.4 Å². The van der Waals surface area contributed by atoms with E-state index in [1.807, 2.05) is 0 Å². The van der Waals surface area contributed by atoms with Crippen molar-refractivity contribution in [3.63, 3.8) is 0 Å². The lowest BCUT2D eigenvalue weighted by Gasteiger charge is -2.33. The molecule has 2 aromatic rings. The fourth-order valence-corrected chi connectivity index (χ4v) is 6.15. The smallest absolute Gasteiger partial charge is 0.220 e. The maximum atomic E-state index is 12.4. The van der Waals surface area contributed by atoms with Crippen molar-refractivity contribution in [2.24, 2.45) is 0 Å². The summed E-state index contributed by atoms with van der Waals surface area (Å²) in [5.74, 6) is 1.23. The van der Waals surface area contributed by atoms with Gasteiger partial charge in [-0.1, -0.05) is 0 Å². The number of hydrogen-bond acceptors (Lipinski definition) is 7. The number of hydrogen-bond donors (Lipinski definition) is 3. The maximum Gasteiger partial charge on any atom is 0.220 e. The molecule has 1 amide bonds. The number of carbonyl (C=O) groups excluding carboxylic acids is 1. The molecule has 2 aromatic heterocycles. The summed E-state index contributed by atoms with van der Waals surface area (Å²) in [6.45, 7) is 0.636. The lowest BCUT2D eigenvalue weighted by atomic mass is 9.90. The number of carbonyl (C=O) groups is 1. The van der Waals surface area contributed by atoms with E-state index in [9.17, 15) is 4.79 Å². The first-order valence-corrected chi connectivity index (χ1v) is 11.9. The van der Waals surface area contributed by atoms with Crippen molar-refractivity contribution in [3.05, 3.63) is 16.8 Å². The van der Waals surface area contributed by atoms with Gasteiger partial charge in [-0.2, -0.15) is 0 Å². The van der Waals surface area contributed by atoms with Gasteiger partial charge in [0.2, 0.25) is 5.91 Å². The maximum absolute atomic E-state index is 12.4. The lowest BCUT2D eigenvalue weighted by molar-refractivity contribution is -0.121. The van der Waals surface area contributed by atoms with Gasteiger partial charge in [0, 0.05) is 36.5 Å². The third-order valence-electron chi connectivity index (χ3n) is 6.59. The van der Waals surface area contributed by atoms with Gasteiger partial charge < -0.3 is 20.6 Å². The van der Waals surface area contributed by atoms with Crippen LogP contribution < -0.4 is 10.6 Å². The van der Waals surface area contributed by atoms with Crippen LogP contribution in [0.4, 0.5) is 5.82 Å². The van der Waals surface area contributed by atoms with Gasteiger partial charge in [0.15, 0.2) is 0 Å². The van der Waals surface area contributed by atoms with E-state index in [0.29, 0.717) is 31.5 Å². The quantitative estimate of drug-likeness (QED) is 0.557. The molecule has 7 nitrogen and oxygen atoms in total. The fraction of sp³-hybridized carbons (Fsp3) is 0.682. The van der Waals surface area contributed by atoms with Crippen LogP contribution in [0.25, 0.3) is 10.2 Å². The molecule has 1 atom stereocenters. The predicted molar refractivity (Wildman–Crippen MR) is 121 cm³/mol. The molecule has 2 aliphatic rings. The average Bonchev–Trinajstić information content (AvgIpc) is 3.29. The molecule has 30 heavy (non-hydrogen) atoms. The molecule has 1 unspecified atom stereocenters. The summed E-state index contributed by atoms with van der Waals surface area (Å²) in [6.07, 6.45) is 9.49. The molecule has 0 aromatic carbocycles. The zero-order valence-electron chi connectivity index (χ0n) is 18.0. The summed E-state index contributed by atoms with van der Waals surface area (Å²) in [6, 6.07) is 1.11. The molecule has 4 rings (SSSR count). The van der Waals surface area contributed by atoms with Crippen LogP contribution in [-0.2, 0) is 11.2 Å². The van der Waals surface area contributed by atoms with E-state index in [2.05, 4.69) is 39.6 Å². The molecule has 2 heterocycles. The van der Waals surface area contributed by atoms with E-state index >= 15 is 0 Å². The fourth-order valence-electron chi connectivity index (χ4n) is 4.91. The molecule has 0 saturated heterocycles. The Kier molecular flexibility index (Phi) is 6.85. The Bertz CT molecular complexity index is 876. The highest BCUT2D eigenvalue weighted by atomic mass is 32.1. The van der Waals surface area contributed by atoms with Crippen molar-refractivity contribution in [3.8, 4) is 0 Å². The van der Waals surface area contributed by atoms with Crippen molar-refractivity contribution in [2.75, 3.05) is 32.6 Å². The number of thiophene rings is 1. The van der Waals surface area contributed by atoms with Gasteiger partial charge >= 0.3 is 0 Å². The monoisotopic (exact) mass is 431 g/mol. The molecular weight excluding hydrogens is 398 g/mol. The van der Waals surface area contributed by atoms with Crippen LogP contribution in [-0.4, -0.2) is 65.2 Å². The number of anilines is 1. The Hall–Kier alpha value is -1.77. The molecule has 0 radical (unpaired) electrons. The first-order valence-electron chi connectivity index (χ1n) is 11.1. The van der Waals surface area contributed by atoms with E-state index in [1.165, 1.54) is 23.3 Å². The van der Waals surface area contributed by atoms with Crippen LogP contribution in [0.15, 0.2) is 6.33 Å². The van der Waals surface area contributed by atoms with Gasteiger partial charge in [0.25, 0.3) is 0 Å². The second-order valence-electron chi connectivity index (χ2n) is 8.82. The van der Waals surface area contributed by atoms with Gasteiger partial charge in [-0.3, -0.25) is 4.79 Å². The number of aliphatic hydroxyl groups excluding tert-OH is 1. The van der Waals surface area contributed by atoms with E-state index < -0.39 is 0 Å². The van der Waals surface area contributed by atoms with Gasteiger partial charge in [0.1, 0.15) is 17.0 Å². The minimum atomic E-state index is 0.0639. The molecule has 164 valence electrons. The molecule has 8 heteroatoms. The SMILES string of the molecule is CN(C)[C@H]1CC[C@H](Nc2ncnc3sc4c(c23)C(CC(=O)NCCCO)CC4)CC1. The van der Waals surface area contributed by atoms with Crippen molar-refractivity contribution in [1.82, 2.24) is 20.2 Å². The number of aryl methyl sites for hydroxylation is 1.